The molecular weight excluding hydrogens is 635 g/mol. The van der Waals surface area contributed by atoms with Crippen LogP contribution in [0.4, 0.5) is 22.7 Å². The zero-order valence-electron chi connectivity index (χ0n) is 20.8. The lowest BCUT2D eigenvalue weighted by molar-refractivity contribution is -0.709. The summed E-state index contributed by atoms with van der Waals surface area (Å²) >= 11 is 12.0. The van der Waals surface area contributed by atoms with E-state index >= 15 is 0 Å². The van der Waals surface area contributed by atoms with Gasteiger partial charge in [-0.1, -0.05) is 23.2 Å². The summed E-state index contributed by atoms with van der Waals surface area (Å²) in [6.45, 7) is 2.13. The van der Waals surface area contributed by atoms with Crippen LogP contribution in [0, 0.1) is 11.8 Å². The fourth-order valence-electron chi connectivity index (χ4n) is 4.52. The molecule has 194 valence electrons. The number of pyridine rings is 2. The Morgan fingerprint density at radius 2 is 0.865 bits per heavy atom. The van der Waals surface area contributed by atoms with Gasteiger partial charge >= 0.3 is 0 Å². The molecule has 4 nitrogen and oxygen atoms in total. The maximum Gasteiger partial charge on any atom is 0.170 e. The number of aromatic nitrogens is 2. The highest BCUT2D eigenvalue weighted by Gasteiger charge is 2.42. The van der Waals surface area contributed by atoms with E-state index in [1.165, 1.54) is 6.42 Å². The number of benzene rings is 2. The lowest BCUT2D eigenvalue weighted by Gasteiger charge is -2.18. The Hall–Kier alpha value is -2.12. The first-order chi connectivity index (χ1) is 17.0. The standard InChI is InChI=1S/C29H30Cl2N4.2BrH/c1-32(26-7-3-24(30)4-8-26)28-11-15-34(16-12-28)20-22-19-23(22)21-35-17-13-29(14-18-35)33(2)27-9-5-25(31)6-10-27;;/h3-18,22-23H,19-21H2,1-2H3;2*1H/q+2;;/p-2/t22-,23-;;/m1../s1. The fraction of sp³-hybridized carbons (Fsp3) is 0.241. The molecule has 0 spiro atoms. The van der Waals surface area contributed by atoms with Crippen LogP contribution >= 0.6 is 23.2 Å². The predicted molar refractivity (Wildman–Crippen MR) is 144 cm³/mol. The van der Waals surface area contributed by atoms with Gasteiger partial charge in [-0.05, 0) is 55.0 Å². The van der Waals surface area contributed by atoms with Crippen LogP contribution in [0.25, 0.3) is 0 Å². The molecule has 2 aromatic carbocycles. The van der Waals surface area contributed by atoms with Crippen LogP contribution in [0.15, 0.2) is 97.6 Å². The van der Waals surface area contributed by atoms with Crippen LogP contribution in [0.2, 0.25) is 10.0 Å². The number of halogens is 4. The summed E-state index contributed by atoms with van der Waals surface area (Å²) in [4.78, 5) is 4.34. The van der Waals surface area contributed by atoms with E-state index in [0.717, 1.165) is 57.7 Å². The zero-order chi connectivity index (χ0) is 24.4. The van der Waals surface area contributed by atoms with Crippen LogP contribution in [0.3, 0.4) is 0 Å². The average Bonchev–Trinajstić information content (AvgIpc) is 3.61. The van der Waals surface area contributed by atoms with Crippen LogP contribution in [0.1, 0.15) is 6.42 Å². The summed E-state index contributed by atoms with van der Waals surface area (Å²) in [5.41, 5.74) is 4.57. The number of hydrogen-bond acceptors (Lipinski definition) is 2. The van der Waals surface area contributed by atoms with Gasteiger partial charge in [-0.25, -0.2) is 9.13 Å². The maximum absolute atomic E-state index is 6.02. The molecule has 0 saturated heterocycles. The molecule has 1 aliphatic rings. The highest BCUT2D eigenvalue weighted by Crippen LogP contribution is 2.39. The second-order valence-corrected chi connectivity index (χ2v) is 10.2. The van der Waals surface area contributed by atoms with Crippen molar-refractivity contribution in [3.8, 4) is 0 Å². The lowest BCUT2D eigenvalue weighted by Crippen LogP contribution is -3.00. The Kier molecular flexibility index (Phi) is 10.4. The number of anilines is 4. The third kappa shape index (κ3) is 7.47. The molecule has 4 aromatic rings. The van der Waals surface area contributed by atoms with Crippen molar-refractivity contribution < 1.29 is 43.1 Å². The van der Waals surface area contributed by atoms with E-state index in [0.29, 0.717) is 0 Å². The summed E-state index contributed by atoms with van der Waals surface area (Å²) < 4.78 is 4.61. The summed E-state index contributed by atoms with van der Waals surface area (Å²) in [6, 6.07) is 24.6. The van der Waals surface area contributed by atoms with Gasteiger partial charge in [-0.3, -0.25) is 0 Å². The first-order valence-corrected chi connectivity index (χ1v) is 12.7. The maximum atomic E-state index is 6.02. The van der Waals surface area contributed by atoms with E-state index in [9.17, 15) is 0 Å². The van der Waals surface area contributed by atoms with Gasteiger partial charge in [-0.2, -0.15) is 0 Å². The first-order valence-electron chi connectivity index (χ1n) is 11.9. The van der Waals surface area contributed by atoms with E-state index in [2.05, 4.69) is 82.1 Å². The van der Waals surface area contributed by atoms with Crippen molar-refractivity contribution in [2.45, 2.75) is 19.5 Å². The van der Waals surface area contributed by atoms with E-state index in [-0.39, 0.29) is 34.0 Å². The molecule has 0 amide bonds. The van der Waals surface area contributed by atoms with Crippen molar-refractivity contribution in [3.05, 3.63) is 108 Å². The van der Waals surface area contributed by atoms with Crippen LogP contribution in [0.5, 0.6) is 0 Å². The second kappa shape index (κ2) is 13.1. The number of rotatable bonds is 8. The third-order valence-corrected chi connectivity index (χ3v) is 7.41. The molecule has 5 rings (SSSR count). The second-order valence-electron chi connectivity index (χ2n) is 9.33. The van der Waals surface area contributed by atoms with Gasteiger partial charge in [0.1, 0.15) is 0 Å². The van der Waals surface area contributed by atoms with Crippen LogP contribution in [-0.4, -0.2) is 14.1 Å². The Balaban J connectivity index is 0.00000190. The Morgan fingerprint density at radius 1 is 0.568 bits per heavy atom. The van der Waals surface area contributed by atoms with Gasteiger partial charge < -0.3 is 43.8 Å². The van der Waals surface area contributed by atoms with Crippen LogP contribution < -0.4 is 52.9 Å². The summed E-state index contributed by atoms with van der Waals surface area (Å²) in [5, 5.41) is 1.51. The van der Waals surface area contributed by atoms with Gasteiger partial charge in [0.25, 0.3) is 0 Å². The molecule has 0 radical (unpaired) electrons. The summed E-state index contributed by atoms with van der Waals surface area (Å²) in [6.07, 6.45) is 10.0. The Bertz CT molecular complexity index is 1170. The number of nitrogens with zero attached hydrogens (tertiary/aromatic N) is 4. The minimum absolute atomic E-state index is 0. The highest BCUT2D eigenvalue weighted by molar-refractivity contribution is 6.30. The van der Waals surface area contributed by atoms with Crippen molar-refractivity contribution in [2.75, 3.05) is 23.9 Å². The summed E-state index contributed by atoms with van der Waals surface area (Å²) in [7, 11) is 4.16. The van der Waals surface area contributed by atoms with Crippen molar-refractivity contribution in [1.82, 2.24) is 0 Å². The van der Waals surface area contributed by atoms with Gasteiger partial charge in [0.2, 0.25) is 0 Å². The molecule has 2 atom stereocenters. The van der Waals surface area contributed by atoms with E-state index < -0.39 is 0 Å². The van der Waals surface area contributed by atoms with E-state index in [1.54, 1.807) is 0 Å². The Morgan fingerprint density at radius 3 is 1.19 bits per heavy atom. The minimum atomic E-state index is 0. The molecule has 8 heteroatoms. The van der Waals surface area contributed by atoms with Crippen molar-refractivity contribution in [2.24, 2.45) is 11.8 Å². The Labute approximate surface area is 250 Å². The first kappa shape index (κ1) is 29.4. The molecule has 1 aliphatic carbocycles. The van der Waals surface area contributed by atoms with Crippen molar-refractivity contribution >= 4 is 46.0 Å². The van der Waals surface area contributed by atoms with Gasteiger partial charge in [0.05, 0.1) is 11.4 Å². The molecule has 0 bridgehead atoms. The predicted octanol–water partition coefficient (Wildman–Crippen LogP) is 0.449. The molecule has 37 heavy (non-hydrogen) atoms. The molecular formula is C29H30Br2Cl2N4. The molecule has 0 aliphatic heterocycles. The van der Waals surface area contributed by atoms with E-state index in [1.807, 2.05) is 48.5 Å². The molecule has 2 aromatic heterocycles. The zero-order valence-corrected chi connectivity index (χ0v) is 25.5. The monoisotopic (exact) mass is 662 g/mol. The molecule has 0 N–H and O–H groups in total. The molecule has 2 heterocycles. The molecule has 0 unspecified atom stereocenters. The fourth-order valence-corrected chi connectivity index (χ4v) is 4.77. The quantitative estimate of drug-likeness (QED) is 0.254. The molecule has 1 saturated carbocycles. The molecule has 1 fully saturated rings. The smallest absolute Gasteiger partial charge is 0.170 e. The van der Waals surface area contributed by atoms with E-state index in [4.69, 9.17) is 23.2 Å². The largest absolute Gasteiger partial charge is 1.00 e. The minimum Gasteiger partial charge on any atom is -1.00 e. The normalized spacial score (nSPS) is 15.8. The van der Waals surface area contributed by atoms with Gasteiger partial charge in [0.15, 0.2) is 37.9 Å². The van der Waals surface area contributed by atoms with Crippen molar-refractivity contribution in [3.63, 3.8) is 0 Å². The van der Waals surface area contributed by atoms with Crippen LogP contribution in [-0.2, 0) is 13.1 Å². The topological polar surface area (TPSA) is 14.2 Å². The average molecular weight is 665 g/mol. The number of hydrogen-bond donors (Lipinski definition) is 0. The lowest BCUT2D eigenvalue weighted by atomic mass is 10.2. The summed E-state index contributed by atoms with van der Waals surface area (Å²) in [5.74, 6) is 1.45. The SMILES string of the molecule is CN(c1ccc(Cl)cc1)c1cc[n+](C[C@H]2C[C@@H]2C[n+]2ccc(N(C)c3ccc(Cl)cc3)cc2)cc1.[Br-].[Br-]. The third-order valence-electron chi connectivity index (χ3n) is 6.91. The van der Waals surface area contributed by atoms with Gasteiger partial charge in [-0.15, -0.1) is 0 Å². The highest BCUT2D eigenvalue weighted by atomic mass is 79.9. The van der Waals surface area contributed by atoms with Crippen molar-refractivity contribution in [1.29, 1.82) is 0 Å². The van der Waals surface area contributed by atoms with Gasteiger partial charge in [0, 0.05) is 71.6 Å².